The second-order valence-electron chi connectivity index (χ2n) is 5.43. The molecule has 0 radical (unpaired) electrons. The van der Waals surface area contributed by atoms with E-state index in [1.54, 1.807) is 43.3 Å². The Hall–Kier alpha value is -2.86. The van der Waals surface area contributed by atoms with E-state index in [1.165, 1.54) is 0 Å². The van der Waals surface area contributed by atoms with Crippen LogP contribution in [0.25, 0.3) is 11.3 Å². The highest BCUT2D eigenvalue weighted by atomic mass is 79.9. The molecule has 26 heavy (non-hydrogen) atoms. The number of carbonyl (C=O) groups is 2. The zero-order valence-corrected chi connectivity index (χ0v) is 15.6. The number of hydrogen-bond donors (Lipinski definition) is 1. The minimum atomic E-state index is -0.431. The first-order valence-corrected chi connectivity index (χ1v) is 8.80. The molecule has 1 amide bonds. The number of benzene rings is 2. The number of nitrogens with one attached hydrogen (secondary N) is 1. The Morgan fingerprint density at radius 3 is 2.58 bits per heavy atom. The molecule has 1 N–H and O–H groups in total. The van der Waals surface area contributed by atoms with Crippen LogP contribution in [-0.2, 0) is 4.74 Å². The van der Waals surface area contributed by atoms with E-state index in [0.29, 0.717) is 23.6 Å². The fourth-order valence-corrected chi connectivity index (χ4v) is 2.62. The third-order valence-electron chi connectivity index (χ3n) is 3.59. The lowest BCUT2D eigenvalue weighted by molar-refractivity contribution is 0.0526. The average Bonchev–Trinajstić information content (AvgIpc) is 3.13. The van der Waals surface area contributed by atoms with Crippen LogP contribution in [0.1, 0.15) is 27.8 Å². The number of ether oxygens (including phenoxy) is 1. The predicted octanol–water partition coefficient (Wildman–Crippen LogP) is 5.14. The summed E-state index contributed by atoms with van der Waals surface area (Å²) < 4.78 is 11.6. The number of hydrogen-bond acceptors (Lipinski definition) is 4. The van der Waals surface area contributed by atoms with Gasteiger partial charge in [-0.2, -0.15) is 0 Å². The first-order chi connectivity index (χ1) is 12.6. The van der Waals surface area contributed by atoms with Crippen molar-refractivity contribution >= 4 is 33.5 Å². The van der Waals surface area contributed by atoms with Crippen molar-refractivity contribution in [3.05, 3.63) is 76.5 Å². The molecule has 0 unspecified atom stereocenters. The highest BCUT2D eigenvalue weighted by molar-refractivity contribution is 9.10. The molecule has 0 fully saturated rings. The Morgan fingerprint density at radius 2 is 1.85 bits per heavy atom. The van der Waals surface area contributed by atoms with Crippen molar-refractivity contribution in [2.45, 2.75) is 6.92 Å². The fourth-order valence-electron chi connectivity index (χ4n) is 2.36. The van der Waals surface area contributed by atoms with Crippen LogP contribution in [0.15, 0.2) is 69.6 Å². The highest BCUT2D eigenvalue weighted by Gasteiger charge is 2.14. The van der Waals surface area contributed by atoms with Crippen molar-refractivity contribution in [3.8, 4) is 11.3 Å². The summed E-state index contributed by atoms with van der Waals surface area (Å²) in [5, 5.41) is 2.72. The van der Waals surface area contributed by atoms with Gasteiger partial charge in [0.15, 0.2) is 5.76 Å². The minimum Gasteiger partial charge on any atom is -0.462 e. The van der Waals surface area contributed by atoms with Gasteiger partial charge >= 0.3 is 5.97 Å². The number of halogens is 1. The Morgan fingerprint density at radius 1 is 1.08 bits per heavy atom. The number of esters is 1. The predicted molar refractivity (Wildman–Crippen MR) is 102 cm³/mol. The maximum atomic E-state index is 12.4. The topological polar surface area (TPSA) is 68.5 Å². The Labute approximate surface area is 159 Å². The van der Waals surface area contributed by atoms with Gasteiger partial charge in [-0.1, -0.05) is 34.1 Å². The summed E-state index contributed by atoms with van der Waals surface area (Å²) in [5.41, 5.74) is 1.73. The average molecular weight is 414 g/mol. The van der Waals surface area contributed by atoms with Crippen LogP contribution in [0.3, 0.4) is 0 Å². The van der Waals surface area contributed by atoms with E-state index in [2.05, 4.69) is 21.2 Å². The summed E-state index contributed by atoms with van der Waals surface area (Å²) in [4.78, 5) is 24.2. The van der Waals surface area contributed by atoms with E-state index in [1.807, 2.05) is 24.3 Å². The monoisotopic (exact) mass is 413 g/mol. The van der Waals surface area contributed by atoms with Gasteiger partial charge in [0.2, 0.25) is 0 Å². The van der Waals surface area contributed by atoms with Crippen LogP contribution in [-0.4, -0.2) is 18.5 Å². The second-order valence-corrected chi connectivity index (χ2v) is 6.34. The molecule has 0 saturated heterocycles. The lowest BCUT2D eigenvalue weighted by atomic mass is 10.2. The fraction of sp³-hybridized carbons (Fsp3) is 0.100. The van der Waals surface area contributed by atoms with Gasteiger partial charge in [0, 0.05) is 15.7 Å². The maximum Gasteiger partial charge on any atom is 0.338 e. The van der Waals surface area contributed by atoms with Crippen molar-refractivity contribution in [2.24, 2.45) is 0 Å². The maximum absolute atomic E-state index is 12.4. The molecule has 3 aromatic rings. The molecule has 132 valence electrons. The van der Waals surface area contributed by atoms with Crippen molar-refractivity contribution < 1.29 is 18.7 Å². The van der Waals surface area contributed by atoms with E-state index in [9.17, 15) is 9.59 Å². The van der Waals surface area contributed by atoms with E-state index in [0.717, 1.165) is 10.0 Å². The smallest absolute Gasteiger partial charge is 0.338 e. The number of rotatable bonds is 5. The van der Waals surface area contributed by atoms with Gasteiger partial charge in [-0.25, -0.2) is 4.79 Å². The standard InChI is InChI=1S/C20H16BrNO4/c1-2-25-20(24)14-4-3-5-16(12-14)22-19(23)18-11-10-17(26-18)13-6-8-15(21)9-7-13/h3-12H,2H2,1H3,(H,22,23). The molecular formula is C20H16BrNO4. The number of carbonyl (C=O) groups excluding carboxylic acids is 2. The summed E-state index contributed by atoms with van der Waals surface area (Å²) >= 11 is 3.38. The largest absolute Gasteiger partial charge is 0.462 e. The van der Waals surface area contributed by atoms with Gasteiger partial charge in [0.25, 0.3) is 5.91 Å². The molecule has 0 saturated carbocycles. The molecule has 0 aliphatic rings. The Balaban J connectivity index is 1.74. The van der Waals surface area contributed by atoms with E-state index >= 15 is 0 Å². The van der Waals surface area contributed by atoms with Crippen molar-refractivity contribution in [1.29, 1.82) is 0 Å². The molecule has 6 heteroatoms. The highest BCUT2D eigenvalue weighted by Crippen LogP contribution is 2.24. The van der Waals surface area contributed by atoms with Crippen LogP contribution >= 0.6 is 15.9 Å². The summed E-state index contributed by atoms with van der Waals surface area (Å²) in [5.74, 6) is -0.0409. The number of furan rings is 1. The van der Waals surface area contributed by atoms with E-state index < -0.39 is 11.9 Å². The molecule has 1 aromatic heterocycles. The molecule has 3 rings (SSSR count). The Kier molecular flexibility index (Phi) is 5.53. The van der Waals surface area contributed by atoms with Crippen LogP contribution in [0.4, 0.5) is 5.69 Å². The third-order valence-corrected chi connectivity index (χ3v) is 4.12. The molecule has 5 nitrogen and oxygen atoms in total. The minimum absolute atomic E-state index is 0.185. The molecule has 0 spiro atoms. The van der Waals surface area contributed by atoms with Gasteiger partial charge in [-0.3, -0.25) is 4.79 Å². The van der Waals surface area contributed by atoms with E-state index in [4.69, 9.17) is 9.15 Å². The van der Waals surface area contributed by atoms with Gasteiger partial charge in [-0.15, -0.1) is 0 Å². The van der Waals surface area contributed by atoms with E-state index in [-0.39, 0.29) is 5.76 Å². The third kappa shape index (κ3) is 4.21. The van der Waals surface area contributed by atoms with Crippen molar-refractivity contribution in [3.63, 3.8) is 0 Å². The summed E-state index contributed by atoms with van der Waals surface area (Å²) in [7, 11) is 0. The molecule has 0 aliphatic carbocycles. The summed E-state index contributed by atoms with van der Waals surface area (Å²) in [6, 6.07) is 17.5. The first kappa shape index (κ1) is 17.9. The lowest BCUT2D eigenvalue weighted by Gasteiger charge is -2.06. The molecule has 0 atom stereocenters. The molecule has 1 heterocycles. The molecule has 0 bridgehead atoms. The van der Waals surface area contributed by atoms with Crippen LogP contribution in [0.2, 0.25) is 0 Å². The molecule has 2 aromatic carbocycles. The summed E-state index contributed by atoms with van der Waals surface area (Å²) in [6.45, 7) is 2.03. The zero-order chi connectivity index (χ0) is 18.5. The van der Waals surface area contributed by atoms with Crippen LogP contribution in [0.5, 0.6) is 0 Å². The van der Waals surface area contributed by atoms with Gasteiger partial charge < -0.3 is 14.5 Å². The SMILES string of the molecule is CCOC(=O)c1cccc(NC(=O)c2ccc(-c3ccc(Br)cc3)o2)c1. The Bertz CT molecular complexity index is 931. The van der Waals surface area contributed by atoms with Gasteiger partial charge in [0.05, 0.1) is 12.2 Å². The van der Waals surface area contributed by atoms with Gasteiger partial charge in [0.1, 0.15) is 5.76 Å². The molecular weight excluding hydrogens is 398 g/mol. The number of anilines is 1. The number of amides is 1. The van der Waals surface area contributed by atoms with Crippen molar-refractivity contribution in [1.82, 2.24) is 0 Å². The zero-order valence-electron chi connectivity index (χ0n) is 14.0. The normalized spacial score (nSPS) is 10.4. The summed E-state index contributed by atoms with van der Waals surface area (Å²) in [6.07, 6.45) is 0. The lowest BCUT2D eigenvalue weighted by Crippen LogP contribution is -2.12. The van der Waals surface area contributed by atoms with Gasteiger partial charge in [-0.05, 0) is 49.4 Å². The second kappa shape index (κ2) is 8.01. The first-order valence-electron chi connectivity index (χ1n) is 8.01. The van der Waals surface area contributed by atoms with Crippen LogP contribution < -0.4 is 5.32 Å². The quantitative estimate of drug-likeness (QED) is 0.588. The van der Waals surface area contributed by atoms with Crippen molar-refractivity contribution in [2.75, 3.05) is 11.9 Å². The van der Waals surface area contributed by atoms with Crippen LogP contribution in [0, 0.1) is 0 Å². The molecule has 0 aliphatic heterocycles.